The van der Waals surface area contributed by atoms with E-state index >= 15 is 0 Å². The maximum atomic E-state index is 4.38. The van der Waals surface area contributed by atoms with Crippen molar-refractivity contribution in [3.63, 3.8) is 0 Å². The summed E-state index contributed by atoms with van der Waals surface area (Å²) in [5.41, 5.74) is 5.37. The summed E-state index contributed by atoms with van der Waals surface area (Å²) in [6.07, 6.45) is 7.21. The molecule has 0 saturated carbocycles. The Morgan fingerprint density at radius 3 is 2.63 bits per heavy atom. The highest BCUT2D eigenvalue weighted by atomic mass is 14.6. The van der Waals surface area contributed by atoms with Crippen molar-refractivity contribution in [2.45, 2.75) is 6.42 Å². The Morgan fingerprint density at radius 2 is 1.68 bits per heavy atom. The van der Waals surface area contributed by atoms with Crippen LogP contribution in [0.2, 0.25) is 0 Å². The smallest absolute Gasteiger partial charge is 0.0349 e. The van der Waals surface area contributed by atoms with Crippen molar-refractivity contribution in [3.05, 3.63) is 77.6 Å². The van der Waals surface area contributed by atoms with Gasteiger partial charge in [0.25, 0.3) is 0 Å². The van der Waals surface area contributed by atoms with Crippen molar-refractivity contribution < 1.29 is 0 Å². The van der Waals surface area contributed by atoms with E-state index in [1.807, 2.05) is 12.4 Å². The molecule has 1 aliphatic rings. The van der Waals surface area contributed by atoms with E-state index in [1.165, 1.54) is 33.0 Å². The fraction of sp³-hybridized carbons (Fsp3) is 0.0556. The average molecular weight is 243 g/mol. The molecular formula is C18H13N. The van der Waals surface area contributed by atoms with Gasteiger partial charge in [-0.25, -0.2) is 0 Å². The van der Waals surface area contributed by atoms with E-state index in [9.17, 15) is 0 Å². The minimum atomic E-state index is 1.01. The summed E-state index contributed by atoms with van der Waals surface area (Å²) >= 11 is 0. The number of hydrogen-bond donors (Lipinski definition) is 0. The second kappa shape index (κ2) is 4.06. The number of benzene rings is 2. The normalized spacial score (nSPS) is 13.4. The molecule has 2 aromatic carbocycles. The Morgan fingerprint density at radius 1 is 0.842 bits per heavy atom. The van der Waals surface area contributed by atoms with E-state index in [1.54, 1.807) is 0 Å². The molecule has 19 heavy (non-hydrogen) atoms. The molecule has 0 radical (unpaired) electrons. The fourth-order valence-corrected chi connectivity index (χ4v) is 2.83. The van der Waals surface area contributed by atoms with Crippen LogP contribution in [0.5, 0.6) is 0 Å². The van der Waals surface area contributed by atoms with Gasteiger partial charge in [0.1, 0.15) is 0 Å². The van der Waals surface area contributed by atoms with Crippen LogP contribution in [0.1, 0.15) is 16.7 Å². The number of fused-ring (bicyclic) bond motifs is 2. The van der Waals surface area contributed by atoms with Gasteiger partial charge in [0.05, 0.1) is 0 Å². The lowest BCUT2D eigenvalue weighted by Gasteiger charge is -2.06. The predicted molar refractivity (Wildman–Crippen MR) is 79.8 cm³/mol. The molecule has 0 aliphatic heterocycles. The topological polar surface area (TPSA) is 12.9 Å². The number of aromatic nitrogens is 1. The first-order valence-electron chi connectivity index (χ1n) is 6.53. The summed E-state index contributed by atoms with van der Waals surface area (Å²) in [6.45, 7) is 0. The van der Waals surface area contributed by atoms with Gasteiger partial charge in [0, 0.05) is 23.3 Å². The van der Waals surface area contributed by atoms with E-state index in [-0.39, 0.29) is 0 Å². The first-order valence-corrected chi connectivity index (χ1v) is 6.53. The van der Waals surface area contributed by atoms with Crippen molar-refractivity contribution in [2.24, 2.45) is 0 Å². The molecule has 0 amide bonds. The molecule has 1 aromatic heterocycles. The van der Waals surface area contributed by atoms with Gasteiger partial charge in [0.15, 0.2) is 0 Å². The van der Waals surface area contributed by atoms with E-state index in [4.69, 9.17) is 0 Å². The van der Waals surface area contributed by atoms with Crippen LogP contribution in [0.3, 0.4) is 0 Å². The lowest BCUT2D eigenvalue weighted by Crippen LogP contribution is -1.89. The molecule has 0 unspecified atom stereocenters. The Kier molecular flexibility index (Phi) is 2.25. The highest BCUT2D eigenvalue weighted by molar-refractivity contribution is 5.99. The molecule has 0 atom stereocenters. The van der Waals surface area contributed by atoms with Gasteiger partial charge < -0.3 is 0 Å². The molecular weight excluding hydrogens is 230 g/mol. The molecule has 0 saturated heterocycles. The molecule has 0 bridgehead atoms. The van der Waals surface area contributed by atoms with Gasteiger partial charge in [-0.05, 0) is 28.5 Å². The second-order valence-electron chi connectivity index (χ2n) is 4.95. The second-order valence-corrected chi connectivity index (χ2v) is 4.95. The van der Waals surface area contributed by atoms with Gasteiger partial charge in [-0.1, -0.05) is 54.6 Å². The van der Waals surface area contributed by atoms with E-state index in [2.05, 4.69) is 59.6 Å². The molecule has 0 spiro atoms. The van der Waals surface area contributed by atoms with Crippen LogP contribution < -0.4 is 0 Å². The van der Waals surface area contributed by atoms with Crippen LogP contribution in [0, 0.1) is 0 Å². The highest BCUT2D eigenvalue weighted by Gasteiger charge is 2.15. The third-order valence-corrected chi connectivity index (χ3v) is 3.78. The molecule has 90 valence electrons. The SMILES string of the molecule is C1=C(c2cncc3ccccc23)Cc2ccccc21. The van der Waals surface area contributed by atoms with Crippen molar-refractivity contribution in [3.8, 4) is 0 Å². The summed E-state index contributed by atoms with van der Waals surface area (Å²) in [7, 11) is 0. The number of allylic oxidation sites excluding steroid dienone is 1. The number of rotatable bonds is 1. The summed E-state index contributed by atoms with van der Waals surface area (Å²) in [4.78, 5) is 4.38. The summed E-state index contributed by atoms with van der Waals surface area (Å²) in [5.74, 6) is 0. The van der Waals surface area contributed by atoms with Crippen molar-refractivity contribution in [1.29, 1.82) is 0 Å². The number of hydrogen-bond acceptors (Lipinski definition) is 1. The fourth-order valence-electron chi connectivity index (χ4n) is 2.83. The summed E-state index contributed by atoms with van der Waals surface area (Å²) in [5, 5.41) is 2.49. The first-order chi connectivity index (χ1) is 9.42. The lowest BCUT2D eigenvalue weighted by molar-refractivity contribution is 1.29. The Balaban J connectivity index is 1.90. The Bertz CT molecular complexity index is 794. The van der Waals surface area contributed by atoms with Crippen LogP contribution in [-0.2, 0) is 6.42 Å². The highest BCUT2D eigenvalue weighted by Crippen LogP contribution is 2.34. The summed E-state index contributed by atoms with van der Waals surface area (Å²) < 4.78 is 0. The molecule has 1 heteroatoms. The van der Waals surface area contributed by atoms with Crippen LogP contribution in [0.15, 0.2) is 60.9 Å². The van der Waals surface area contributed by atoms with Gasteiger partial charge in [-0.2, -0.15) is 0 Å². The molecule has 4 rings (SSSR count). The maximum absolute atomic E-state index is 4.38. The maximum Gasteiger partial charge on any atom is 0.0349 e. The predicted octanol–water partition coefficient (Wildman–Crippen LogP) is 4.33. The van der Waals surface area contributed by atoms with Crippen LogP contribution in [-0.4, -0.2) is 4.98 Å². The molecule has 0 N–H and O–H groups in total. The monoisotopic (exact) mass is 243 g/mol. The largest absolute Gasteiger partial charge is 0.263 e. The van der Waals surface area contributed by atoms with E-state index < -0.39 is 0 Å². The molecule has 0 fully saturated rings. The van der Waals surface area contributed by atoms with Gasteiger partial charge in [-0.15, -0.1) is 0 Å². The Hall–Kier alpha value is -2.41. The molecule has 1 nitrogen and oxygen atoms in total. The van der Waals surface area contributed by atoms with Crippen molar-refractivity contribution >= 4 is 22.4 Å². The molecule has 1 aliphatic carbocycles. The molecule has 1 heterocycles. The standard InChI is InChI=1S/C18H13N/c1-2-6-14-10-16(9-13(14)5-1)18-12-19-11-15-7-3-4-8-17(15)18/h1-9,11-12H,10H2. The van der Waals surface area contributed by atoms with Gasteiger partial charge in [-0.3, -0.25) is 4.98 Å². The first kappa shape index (κ1) is 10.5. The van der Waals surface area contributed by atoms with Crippen LogP contribution >= 0.6 is 0 Å². The molecule has 3 aromatic rings. The van der Waals surface area contributed by atoms with Crippen LogP contribution in [0.4, 0.5) is 0 Å². The van der Waals surface area contributed by atoms with Crippen LogP contribution in [0.25, 0.3) is 22.4 Å². The van der Waals surface area contributed by atoms with Gasteiger partial charge >= 0.3 is 0 Å². The summed E-state index contributed by atoms with van der Waals surface area (Å²) in [6, 6.07) is 17.0. The third kappa shape index (κ3) is 1.66. The zero-order valence-corrected chi connectivity index (χ0v) is 10.5. The average Bonchev–Trinajstić information content (AvgIpc) is 2.90. The van der Waals surface area contributed by atoms with Gasteiger partial charge in [0.2, 0.25) is 0 Å². The van der Waals surface area contributed by atoms with E-state index in [0.29, 0.717) is 0 Å². The number of pyridine rings is 1. The van der Waals surface area contributed by atoms with Crippen molar-refractivity contribution in [2.75, 3.05) is 0 Å². The minimum Gasteiger partial charge on any atom is -0.263 e. The lowest BCUT2D eigenvalue weighted by atomic mass is 10.00. The quantitative estimate of drug-likeness (QED) is 0.620. The Labute approximate surface area is 112 Å². The zero-order chi connectivity index (χ0) is 12.7. The minimum absolute atomic E-state index is 1.01. The third-order valence-electron chi connectivity index (χ3n) is 3.78. The van der Waals surface area contributed by atoms with E-state index in [0.717, 1.165) is 6.42 Å². The van der Waals surface area contributed by atoms with Crippen molar-refractivity contribution in [1.82, 2.24) is 4.98 Å². The number of nitrogens with zero attached hydrogens (tertiary/aromatic N) is 1. The zero-order valence-electron chi connectivity index (χ0n) is 10.5.